The summed E-state index contributed by atoms with van der Waals surface area (Å²) in [5.41, 5.74) is 4.04. The van der Waals surface area contributed by atoms with E-state index in [1.165, 1.54) is 16.8 Å². The van der Waals surface area contributed by atoms with Crippen LogP contribution in [0.3, 0.4) is 0 Å². The molecule has 1 aromatic heterocycles. The van der Waals surface area contributed by atoms with E-state index in [-0.39, 0.29) is 0 Å². The van der Waals surface area contributed by atoms with Gasteiger partial charge in [0, 0.05) is 18.8 Å². The second kappa shape index (κ2) is 7.25. The van der Waals surface area contributed by atoms with Crippen molar-refractivity contribution >= 4 is 0 Å². The van der Waals surface area contributed by atoms with Crippen LogP contribution in [-0.4, -0.2) is 16.8 Å². The molecule has 3 nitrogen and oxygen atoms in total. The molecule has 1 unspecified atom stereocenters. The highest BCUT2D eigenvalue weighted by molar-refractivity contribution is 5.22. The molecule has 3 heteroatoms. The molecule has 0 fully saturated rings. The fourth-order valence-electron chi connectivity index (χ4n) is 2.66. The standard InChI is InChI=1S/C17H25N3/c1-4-12-20-17(10-11-19-20)16(18-3)9-8-15-7-5-6-14(2)13-15/h5-7,10-11,13,16,18H,4,8-9,12H2,1-3H3. The van der Waals surface area contributed by atoms with Crippen molar-refractivity contribution in [1.29, 1.82) is 0 Å². The molecule has 1 atom stereocenters. The maximum Gasteiger partial charge on any atom is 0.0553 e. The number of benzene rings is 1. The Balaban J connectivity index is 2.03. The highest BCUT2D eigenvalue weighted by Crippen LogP contribution is 2.19. The van der Waals surface area contributed by atoms with Gasteiger partial charge in [-0.15, -0.1) is 0 Å². The van der Waals surface area contributed by atoms with Crippen molar-refractivity contribution in [2.45, 2.75) is 45.7 Å². The van der Waals surface area contributed by atoms with Crippen LogP contribution in [0.5, 0.6) is 0 Å². The summed E-state index contributed by atoms with van der Waals surface area (Å²) in [7, 11) is 2.03. The Kier molecular flexibility index (Phi) is 5.36. The third-order valence-corrected chi connectivity index (χ3v) is 3.69. The van der Waals surface area contributed by atoms with Crippen molar-refractivity contribution < 1.29 is 0 Å². The second-order valence-corrected chi connectivity index (χ2v) is 5.35. The van der Waals surface area contributed by atoms with Gasteiger partial charge < -0.3 is 5.32 Å². The first-order chi connectivity index (χ1) is 9.74. The lowest BCUT2D eigenvalue weighted by molar-refractivity contribution is 0.476. The average Bonchev–Trinajstić information content (AvgIpc) is 2.89. The summed E-state index contributed by atoms with van der Waals surface area (Å²) in [4.78, 5) is 0. The van der Waals surface area contributed by atoms with Gasteiger partial charge in [0.2, 0.25) is 0 Å². The maximum atomic E-state index is 4.42. The van der Waals surface area contributed by atoms with E-state index >= 15 is 0 Å². The predicted molar refractivity (Wildman–Crippen MR) is 83.8 cm³/mol. The Bertz CT molecular complexity index is 531. The van der Waals surface area contributed by atoms with E-state index < -0.39 is 0 Å². The van der Waals surface area contributed by atoms with Gasteiger partial charge in [-0.1, -0.05) is 36.8 Å². The van der Waals surface area contributed by atoms with Crippen molar-refractivity contribution in [2.24, 2.45) is 0 Å². The van der Waals surface area contributed by atoms with Crippen LogP contribution in [0.25, 0.3) is 0 Å². The summed E-state index contributed by atoms with van der Waals surface area (Å²) in [6.07, 6.45) is 5.20. The fourth-order valence-corrected chi connectivity index (χ4v) is 2.66. The summed E-state index contributed by atoms with van der Waals surface area (Å²) >= 11 is 0. The molecule has 1 heterocycles. The van der Waals surface area contributed by atoms with Gasteiger partial charge in [-0.2, -0.15) is 5.10 Å². The first-order valence-corrected chi connectivity index (χ1v) is 7.49. The van der Waals surface area contributed by atoms with E-state index in [0.717, 1.165) is 25.8 Å². The zero-order valence-electron chi connectivity index (χ0n) is 12.8. The van der Waals surface area contributed by atoms with Crippen LogP contribution in [0, 0.1) is 6.92 Å². The van der Waals surface area contributed by atoms with E-state index in [2.05, 4.69) is 59.3 Å². The molecule has 0 saturated heterocycles. The van der Waals surface area contributed by atoms with E-state index in [4.69, 9.17) is 0 Å². The largest absolute Gasteiger partial charge is 0.312 e. The summed E-state index contributed by atoms with van der Waals surface area (Å²) in [6, 6.07) is 11.3. The molecule has 0 aliphatic rings. The molecule has 0 aliphatic carbocycles. The van der Waals surface area contributed by atoms with Crippen molar-refractivity contribution in [3.05, 3.63) is 53.3 Å². The van der Waals surface area contributed by atoms with Gasteiger partial charge in [-0.3, -0.25) is 4.68 Å². The Morgan fingerprint density at radius 3 is 2.85 bits per heavy atom. The number of nitrogens with zero attached hydrogens (tertiary/aromatic N) is 2. The third kappa shape index (κ3) is 3.70. The first kappa shape index (κ1) is 14.8. The molecular formula is C17H25N3. The summed E-state index contributed by atoms with van der Waals surface area (Å²) < 4.78 is 2.12. The van der Waals surface area contributed by atoms with Crippen LogP contribution < -0.4 is 5.32 Å². The van der Waals surface area contributed by atoms with Crippen molar-refractivity contribution in [3.63, 3.8) is 0 Å². The molecule has 0 aliphatic heterocycles. The number of hydrogen-bond acceptors (Lipinski definition) is 2. The molecule has 0 spiro atoms. The van der Waals surface area contributed by atoms with Crippen molar-refractivity contribution in [1.82, 2.24) is 15.1 Å². The number of aryl methyl sites for hydroxylation is 3. The molecular weight excluding hydrogens is 246 g/mol. The van der Waals surface area contributed by atoms with Crippen LogP contribution in [-0.2, 0) is 13.0 Å². The van der Waals surface area contributed by atoms with E-state index in [1.807, 2.05) is 13.2 Å². The lowest BCUT2D eigenvalue weighted by atomic mass is 10.0. The zero-order chi connectivity index (χ0) is 14.4. The molecule has 2 aromatic rings. The van der Waals surface area contributed by atoms with Crippen LogP contribution in [0.1, 0.15) is 42.6 Å². The lowest BCUT2D eigenvalue weighted by Crippen LogP contribution is -2.21. The van der Waals surface area contributed by atoms with E-state index in [9.17, 15) is 0 Å². The molecule has 0 saturated carbocycles. The molecule has 1 aromatic carbocycles. The van der Waals surface area contributed by atoms with Gasteiger partial charge in [-0.25, -0.2) is 0 Å². The van der Waals surface area contributed by atoms with Crippen LogP contribution in [0.4, 0.5) is 0 Å². The minimum absolute atomic E-state index is 0.365. The quantitative estimate of drug-likeness (QED) is 0.835. The molecule has 20 heavy (non-hydrogen) atoms. The SMILES string of the molecule is CCCn1nccc1C(CCc1cccc(C)c1)NC. The summed E-state index contributed by atoms with van der Waals surface area (Å²) in [5, 5.41) is 7.85. The molecule has 0 bridgehead atoms. The van der Waals surface area contributed by atoms with Crippen LogP contribution in [0.2, 0.25) is 0 Å². The van der Waals surface area contributed by atoms with Gasteiger partial charge in [0.1, 0.15) is 0 Å². The minimum atomic E-state index is 0.365. The van der Waals surface area contributed by atoms with Crippen molar-refractivity contribution in [2.75, 3.05) is 7.05 Å². The Morgan fingerprint density at radius 1 is 1.30 bits per heavy atom. The smallest absolute Gasteiger partial charge is 0.0553 e. The number of rotatable bonds is 7. The average molecular weight is 271 g/mol. The normalized spacial score (nSPS) is 12.6. The monoisotopic (exact) mass is 271 g/mol. The molecule has 0 amide bonds. The number of nitrogens with one attached hydrogen (secondary N) is 1. The molecule has 108 valence electrons. The highest BCUT2D eigenvalue weighted by atomic mass is 15.3. The lowest BCUT2D eigenvalue weighted by Gasteiger charge is -2.18. The fraction of sp³-hybridized carbons (Fsp3) is 0.471. The third-order valence-electron chi connectivity index (χ3n) is 3.69. The number of aromatic nitrogens is 2. The van der Waals surface area contributed by atoms with Gasteiger partial charge in [-0.05, 0) is 44.9 Å². The number of hydrogen-bond donors (Lipinski definition) is 1. The van der Waals surface area contributed by atoms with Gasteiger partial charge >= 0.3 is 0 Å². The topological polar surface area (TPSA) is 29.9 Å². The van der Waals surface area contributed by atoms with Crippen LogP contribution in [0.15, 0.2) is 36.5 Å². The molecule has 0 radical (unpaired) electrons. The van der Waals surface area contributed by atoms with Crippen LogP contribution >= 0.6 is 0 Å². The Labute approximate surface area is 122 Å². The molecule has 1 N–H and O–H groups in total. The van der Waals surface area contributed by atoms with Crippen molar-refractivity contribution in [3.8, 4) is 0 Å². The minimum Gasteiger partial charge on any atom is -0.312 e. The van der Waals surface area contributed by atoms with E-state index in [0.29, 0.717) is 6.04 Å². The Hall–Kier alpha value is -1.61. The second-order valence-electron chi connectivity index (χ2n) is 5.35. The molecule has 2 rings (SSSR count). The predicted octanol–water partition coefficient (Wildman–Crippen LogP) is 3.49. The van der Waals surface area contributed by atoms with Gasteiger partial charge in [0.25, 0.3) is 0 Å². The summed E-state index contributed by atoms with van der Waals surface area (Å²) in [6.45, 7) is 5.33. The van der Waals surface area contributed by atoms with E-state index in [1.54, 1.807) is 0 Å². The summed E-state index contributed by atoms with van der Waals surface area (Å²) in [5.74, 6) is 0. The Morgan fingerprint density at radius 2 is 2.15 bits per heavy atom. The highest BCUT2D eigenvalue weighted by Gasteiger charge is 2.14. The zero-order valence-corrected chi connectivity index (χ0v) is 12.8. The van der Waals surface area contributed by atoms with Gasteiger partial charge in [0.15, 0.2) is 0 Å². The van der Waals surface area contributed by atoms with Gasteiger partial charge in [0.05, 0.1) is 5.69 Å². The maximum absolute atomic E-state index is 4.42. The first-order valence-electron chi connectivity index (χ1n) is 7.49.